The van der Waals surface area contributed by atoms with E-state index in [-0.39, 0.29) is 5.41 Å². The summed E-state index contributed by atoms with van der Waals surface area (Å²) in [5, 5.41) is 2.76. The average molecular weight is 537 g/mol. The first-order valence-electron chi connectivity index (χ1n) is 14.4. The highest BCUT2D eigenvalue weighted by Crippen LogP contribution is 2.66. The van der Waals surface area contributed by atoms with Gasteiger partial charge in [-0.2, -0.15) is 0 Å². The normalized spacial score (nSPS) is 17.2. The van der Waals surface area contributed by atoms with Gasteiger partial charge in [-0.25, -0.2) is 0 Å². The minimum absolute atomic E-state index is 0.374. The Hall–Kier alpha value is -4.72. The summed E-state index contributed by atoms with van der Waals surface area (Å²) in [5.74, 6) is 0. The van der Waals surface area contributed by atoms with E-state index in [0.29, 0.717) is 0 Å². The van der Waals surface area contributed by atoms with Crippen LogP contribution in [0.2, 0.25) is 0 Å². The monoisotopic (exact) mass is 536 g/mol. The van der Waals surface area contributed by atoms with Crippen LogP contribution in [0, 0.1) is 0 Å². The third kappa shape index (κ3) is 2.61. The van der Waals surface area contributed by atoms with Crippen LogP contribution in [0.25, 0.3) is 59.6 Å². The topological polar surface area (TPSA) is 0 Å². The van der Waals surface area contributed by atoms with Crippen LogP contribution >= 0.6 is 11.3 Å². The summed E-state index contributed by atoms with van der Waals surface area (Å²) in [5.41, 5.74) is 16.1. The molecule has 0 fully saturated rings. The number of rotatable bonds is 1. The molecule has 0 saturated carbocycles. The van der Waals surface area contributed by atoms with Crippen molar-refractivity contribution in [3.05, 3.63) is 161 Å². The number of fused-ring (bicyclic) bond motifs is 15. The van der Waals surface area contributed by atoms with Crippen molar-refractivity contribution in [3.8, 4) is 33.4 Å². The van der Waals surface area contributed by atoms with Crippen LogP contribution in [0.5, 0.6) is 0 Å². The predicted octanol–water partition coefficient (Wildman–Crippen LogP) is 10.6. The van der Waals surface area contributed by atoms with Gasteiger partial charge in [-0.05, 0) is 91.4 Å². The molecule has 1 aromatic heterocycles. The molecule has 1 heteroatoms. The fourth-order valence-corrected chi connectivity index (χ4v) is 9.27. The Morgan fingerprint density at radius 2 is 1.32 bits per heavy atom. The lowest BCUT2D eigenvalue weighted by atomic mass is 9.68. The molecule has 3 aliphatic carbocycles. The first-order chi connectivity index (χ1) is 20.3. The van der Waals surface area contributed by atoms with Crippen LogP contribution in [-0.2, 0) is 11.8 Å². The number of benzene rings is 6. The SMILES string of the molecule is C1=Cc2cc(-c3cccc4c3C3(c5ccccc5-4)c4ccccc4-c4c3ccc3sc5ccccc5c43)ccc2C1. The zero-order chi connectivity index (χ0) is 26.7. The van der Waals surface area contributed by atoms with E-state index in [1.54, 1.807) is 0 Å². The van der Waals surface area contributed by atoms with Crippen LogP contribution in [0.3, 0.4) is 0 Å². The van der Waals surface area contributed by atoms with Crippen molar-refractivity contribution in [2.45, 2.75) is 11.8 Å². The Bertz CT molecular complexity index is 2300. The first-order valence-corrected chi connectivity index (χ1v) is 15.2. The summed E-state index contributed by atoms with van der Waals surface area (Å²) in [7, 11) is 0. The smallest absolute Gasteiger partial charge is 0.0731 e. The van der Waals surface area contributed by atoms with Gasteiger partial charge in [0.1, 0.15) is 0 Å². The molecule has 190 valence electrons. The number of hydrogen-bond acceptors (Lipinski definition) is 1. The minimum atomic E-state index is -0.374. The summed E-state index contributed by atoms with van der Waals surface area (Å²) in [6.07, 6.45) is 5.59. The molecule has 3 aliphatic rings. The van der Waals surface area contributed by atoms with Crippen LogP contribution in [0.15, 0.2) is 127 Å². The van der Waals surface area contributed by atoms with Crippen molar-refractivity contribution < 1.29 is 0 Å². The highest BCUT2D eigenvalue weighted by Gasteiger charge is 2.53. The molecule has 0 aliphatic heterocycles. The van der Waals surface area contributed by atoms with Gasteiger partial charge in [-0.3, -0.25) is 0 Å². The summed E-state index contributed by atoms with van der Waals surface area (Å²) in [4.78, 5) is 0. The lowest BCUT2D eigenvalue weighted by molar-refractivity contribution is 0.796. The van der Waals surface area contributed by atoms with Gasteiger partial charge in [0.2, 0.25) is 0 Å². The molecule has 1 atom stereocenters. The average Bonchev–Trinajstić information content (AvgIpc) is 3.78. The fraction of sp³-hybridized carbons (Fsp3) is 0.0500. The van der Waals surface area contributed by atoms with E-state index in [1.807, 2.05) is 11.3 Å². The van der Waals surface area contributed by atoms with Crippen LogP contribution in [0.1, 0.15) is 33.4 Å². The zero-order valence-electron chi connectivity index (χ0n) is 22.3. The highest BCUT2D eigenvalue weighted by molar-refractivity contribution is 7.26. The number of allylic oxidation sites excluding steroid dienone is 1. The number of thiophene rings is 1. The van der Waals surface area contributed by atoms with E-state index in [9.17, 15) is 0 Å². The van der Waals surface area contributed by atoms with Gasteiger partial charge < -0.3 is 0 Å². The minimum Gasteiger partial charge on any atom is -0.135 e. The third-order valence-corrected chi connectivity index (χ3v) is 10.8. The lowest BCUT2D eigenvalue weighted by Gasteiger charge is -2.32. The second-order valence-electron chi connectivity index (χ2n) is 11.5. The molecule has 0 saturated heterocycles. The maximum Gasteiger partial charge on any atom is 0.0731 e. The van der Waals surface area contributed by atoms with Gasteiger partial charge in [-0.1, -0.05) is 115 Å². The molecule has 10 rings (SSSR count). The van der Waals surface area contributed by atoms with Crippen molar-refractivity contribution in [2.24, 2.45) is 0 Å². The van der Waals surface area contributed by atoms with Gasteiger partial charge in [0.05, 0.1) is 5.41 Å². The molecule has 0 radical (unpaired) electrons. The van der Waals surface area contributed by atoms with Crippen LogP contribution in [-0.4, -0.2) is 0 Å². The van der Waals surface area contributed by atoms with Gasteiger partial charge in [0.15, 0.2) is 0 Å². The Morgan fingerprint density at radius 3 is 2.24 bits per heavy atom. The largest absolute Gasteiger partial charge is 0.135 e. The maximum absolute atomic E-state index is 2.45. The van der Waals surface area contributed by atoms with Gasteiger partial charge >= 0.3 is 0 Å². The van der Waals surface area contributed by atoms with Crippen LogP contribution < -0.4 is 0 Å². The Morgan fingerprint density at radius 1 is 0.561 bits per heavy atom. The molecule has 0 N–H and O–H groups in total. The molecular formula is C40H24S. The first kappa shape index (κ1) is 22.0. The van der Waals surface area contributed by atoms with E-state index in [1.165, 1.54) is 86.9 Å². The molecular weight excluding hydrogens is 513 g/mol. The molecule has 1 heterocycles. The van der Waals surface area contributed by atoms with Crippen molar-refractivity contribution in [1.29, 1.82) is 0 Å². The summed E-state index contributed by atoms with van der Waals surface area (Å²) < 4.78 is 2.72. The Balaban J connectivity index is 1.40. The fourth-order valence-electron chi connectivity index (χ4n) is 8.16. The van der Waals surface area contributed by atoms with Gasteiger partial charge in [0.25, 0.3) is 0 Å². The summed E-state index contributed by atoms with van der Waals surface area (Å²) in [6, 6.07) is 46.1. The van der Waals surface area contributed by atoms with E-state index in [0.717, 1.165) is 6.42 Å². The molecule has 41 heavy (non-hydrogen) atoms. The Labute approximate surface area is 242 Å². The molecule has 1 unspecified atom stereocenters. The molecule has 7 aromatic rings. The summed E-state index contributed by atoms with van der Waals surface area (Å²) in [6.45, 7) is 0. The molecule has 0 bridgehead atoms. The van der Waals surface area contributed by atoms with Crippen molar-refractivity contribution in [2.75, 3.05) is 0 Å². The molecule has 6 aromatic carbocycles. The van der Waals surface area contributed by atoms with Crippen molar-refractivity contribution in [3.63, 3.8) is 0 Å². The molecule has 0 amide bonds. The third-order valence-electron chi connectivity index (χ3n) is 9.70. The van der Waals surface area contributed by atoms with Crippen molar-refractivity contribution >= 4 is 37.6 Å². The highest BCUT2D eigenvalue weighted by atomic mass is 32.1. The second kappa shape index (κ2) is 7.72. The predicted molar refractivity (Wildman–Crippen MR) is 174 cm³/mol. The quantitative estimate of drug-likeness (QED) is 0.196. The molecule has 0 nitrogen and oxygen atoms in total. The van der Waals surface area contributed by atoms with E-state index >= 15 is 0 Å². The van der Waals surface area contributed by atoms with Crippen LogP contribution in [0.4, 0.5) is 0 Å². The van der Waals surface area contributed by atoms with E-state index < -0.39 is 0 Å². The van der Waals surface area contributed by atoms with E-state index in [2.05, 4.69) is 133 Å². The standard InChI is InChI=1S/C40H24S/c1-4-16-32-28(11-1)29-15-8-14-27(26-20-19-24-9-7-10-25(24)23-26)39(29)40(32)33-17-5-2-12-30(33)37-34(40)21-22-36-38(37)31-13-3-6-18-35(31)41-36/h1-8,10-23H,9H2. The summed E-state index contributed by atoms with van der Waals surface area (Å²) >= 11 is 1.91. The lowest BCUT2D eigenvalue weighted by Crippen LogP contribution is -2.26. The van der Waals surface area contributed by atoms with Gasteiger partial charge in [-0.15, -0.1) is 11.3 Å². The molecule has 1 spiro atoms. The van der Waals surface area contributed by atoms with E-state index in [4.69, 9.17) is 0 Å². The maximum atomic E-state index is 2.45. The van der Waals surface area contributed by atoms with Gasteiger partial charge in [0, 0.05) is 20.2 Å². The second-order valence-corrected chi connectivity index (χ2v) is 12.6. The Kier molecular flexibility index (Phi) is 4.15. The number of hydrogen-bond donors (Lipinski definition) is 0. The van der Waals surface area contributed by atoms with Crippen molar-refractivity contribution in [1.82, 2.24) is 0 Å². The zero-order valence-corrected chi connectivity index (χ0v) is 23.1.